The van der Waals surface area contributed by atoms with Crippen molar-refractivity contribution in [3.8, 4) is 0 Å². The van der Waals surface area contributed by atoms with Crippen LogP contribution >= 0.6 is 15.9 Å². The molecule has 15 heavy (non-hydrogen) atoms. The SMILES string of the molecule is Nc1c(Br)cccc1C1(O)CCNCC1. The molecule has 0 atom stereocenters. The molecule has 0 radical (unpaired) electrons. The summed E-state index contributed by atoms with van der Waals surface area (Å²) in [6.45, 7) is 1.67. The van der Waals surface area contributed by atoms with Crippen molar-refractivity contribution < 1.29 is 5.11 Å². The number of nitrogens with one attached hydrogen (secondary N) is 1. The third-order valence-electron chi connectivity index (χ3n) is 2.98. The molecule has 3 nitrogen and oxygen atoms in total. The van der Waals surface area contributed by atoms with Crippen LogP contribution in [0.3, 0.4) is 0 Å². The smallest absolute Gasteiger partial charge is 0.0940 e. The molecule has 0 amide bonds. The van der Waals surface area contributed by atoms with Gasteiger partial charge in [-0.05, 0) is 47.9 Å². The Balaban J connectivity index is 2.39. The Morgan fingerprint density at radius 3 is 2.67 bits per heavy atom. The standard InChI is InChI=1S/C11H15BrN2O/c12-9-3-1-2-8(10(9)13)11(15)4-6-14-7-5-11/h1-3,14-15H,4-7,13H2. The predicted octanol–water partition coefficient (Wildman–Crippen LogP) is 1.60. The van der Waals surface area contributed by atoms with Crippen molar-refractivity contribution in [2.75, 3.05) is 18.8 Å². The largest absolute Gasteiger partial charge is 0.398 e. The van der Waals surface area contributed by atoms with Crippen LogP contribution in [0.15, 0.2) is 22.7 Å². The lowest BCUT2D eigenvalue weighted by Gasteiger charge is -2.34. The van der Waals surface area contributed by atoms with Crippen molar-refractivity contribution in [3.63, 3.8) is 0 Å². The van der Waals surface area contributed by atoms with Crippen molar-refractivity contribution in [1.29, 1.82) is 0 Å². The monoisotopic (exact) mass is 270 g/mol. The summed E-state index contributed by atoms with van der Waals surface area (Å²) in [5.74, 6) is 0. The third-order valence-corrected chi connectivity index (χ3v) is 3.68. The van der Waals surface area contributed by atoms with Gasteiger partial charge in [0.15, 0.2) is 0 Å². The Bertz CT molecular complexity index is 362. The highest BCUT2D eigenvalue weighted by Gasteiger charge is 2.33. The zero-order valence-electron chi connectivity index (χ0n) is 8.46. The number of hydrogen-bond acceptors (Lipinski definition) is 3. The molecular formula is C11H15BrN2O. The number of aliphatic hydroxyl groups is 1. The van der Waals surface area contributed by atoms with E-state index in [1.54, 1.807) is 0 Å². The lowest BCUT2D eigenvalue weighted by atomic mass is 9.84. The van der Waals surface area contributed by atoms with Crippen LogP contribution in [0, 0.1) is 0 Å². The molecule has 0 unspecified atom stereocenters. The van der Waals surface area contributed by atoms with E-state index in [0.717, 1.165) is 23.1 Å². The minimum absolute atomic E-state index is 0.655. The Morgan fingerprint density at radius 2 is 2.00 bits per heavy atom. The van der Waals surface area contributed by atoms with Gasteiger partial charge in [0.1, 0.15) is 0 Å². The zero-order valence-corrected chi connectivity index (χ0v) is 10.0. The van der Waals surface area contributed by atoms with E-state index in [1.807, 2.05) is 18.2 Å². The first-order valence-corrected chi connectivity index (χ1v) is 5.90. The first-order valence-electron chi connectivity index (χ1n) is 5.11. The summed E-state index contributed by atoms with van der Waals surface area (Å²) in [6.07, 6.45) is 1.43. The number of nitrogens with two attached hydrogens (primary N) is 1. The number of hydrogen-bond donors (Lipinski definition) is 3. The van der Waals surface area contributed by atoms with Gasteiger partial charge >= 0.3 is 0 Å². The van der Waals surface area contributed by atoms with Crippen LogP contribution in [-0.4, -0.2) is 18.2 Å². The van der Waals surface area contributed by atoms with Crippen molar-refractivity contribution in [3.05, 3.63) is 28.2 Å². The first-order chi connectivity index (χ1) is 7.13. The minimum Gasteiger partial charge on any atom is -0.398 e. The minimum atomic E-state index is -0.765. The highest BCUT2D eigenvalue weighted by atomic mass is 79.9. The van der Waals surface area contributed by atoms with Crippen molar-refractivity contribution in [2.45, 2.75) is 18.4 Å². The van der Waals surface area contributed by atoms with E-state index >= 15 is 0 Å². The molecular weight excluding hydrogens is 256 g/mol. The van der Waals surface area contributed by atoms with E-state index < -0.39 is 5.60 Å². The van der Waals surface area contributed by atoms with Crippen LogP contribution < -0.4 is 11.1 Å². The number of halogens is 1. The highest BCUT2D eigenvalue weighted by Crippen LogP contribution is 2.36. The number of para-hydroxylation sites is 1. The fourth-order valence-electron chi connectivity index (χ4n) is 2.05. The third kappa shape index (κ3) is 2.02. The van der Waals surface area contributed by atoms with Gasteiger partial charge in [-0.15, -0.1) is 0 Å². The van der Waals surface area contributed by atoms with Gasteiger partial charge in [-0.25, -0.2) is 0 Å². The molecule has 1 aromatic rings. The van der Waals surface area contributed by atoms with Gasteiger partial charge in [0.25, 0.3) is 0 Å². The summed E-state index contributed by atoms with van der Waals surface area (Å²) in [7, 11) is 0. The number of benzene rings is 1. The molecule has 2 rings (SSSR count). The lowest BCUT2D eigenvalue weighted by Crippen LogP contribution is -2.40. The summed E-state index contributed by atoms with van der Waals surface area (Å²) < 4.78 is 0.854. The van der Waals surface area contributed by atoms with Crippen molar-refractivity contribution in [2.24, 2.45) is 0 Å². The highest BCUT2D eigenvalue weighted by molar-refractivity contribution is 9.10. The maximum absolute atomic E-state index is 10.5. The lowest BCUT2D eigenvalue weighted by molar-refractivity contribution is 0.00662. The maximum atomic E-state index is 10.5. The molecule has 0 aromatic heterocycles. The molecule has 1 heterocycles. The van der Waals surface area contributed by atoms with E-state index in [1.165, 1.54) is 0 Å². The quantitative estimate of drug-likeness (QED) is 0.680. The van der Waals surface area contributed by atoms with Crippen LogP contribution in [0.25, 0.3) is 0 Å². The average Bonchev–Trinajstić information content (AvgIpc) is 2.23. The zero-order chi connectivity index (χ0) is 10.9. The molecule has 0 spiro atoms. The van der Waals surface area contributed by atoms with Crippen LogP contribution in [0.1, 0.15) is 18.4 Å². The Hall–Kier alpha value is -0.580. The van der Waals surface area contributed by atoms with Gasteiger partial charge in [-0.1, -0.05) is 12.1 Å². The molecule has 82 valence electrons. The van der Waals surface area contributed by atoms with Gasteiger partial charge in [0, 0.05) is 10.0 Å². The molecule has 1 saturated heterocycles. The van der Waals surface area contributed by atoms with Crippen LogP contribution in [-0.2, 0) is 5.60 Å². The van der Waals surface area contributed by atoms with Gasteiger partial charge in [-0.3, -0.25) is 0 Å². The summed E-state index contributed by atoms with van der Waals surface area (Å²) in [4.78, 5) is 0. The first kappa shape index (κ1) is 10.9. The topological polar surface area (TPSA) is 58.3 Å². The van der Waals surface area contributed by atoms with E-state index in [-0.39, 0.29) is 0 Å². The van der Waals surface area contributed by atoms with Crippen molar-refractivity contribution >= 4 is 21.6 Å². The Morgan fingerprint density at radius 1 is 1.33 bits per heavy atom. The van der Waals surface area contributed by atoms with E-state index in [9.17, 15) is 5.11 Å². The molecule has 0 saturated carbocycles. The summed E-state index contributed by atoms with van der Waals surface area (Å²) in [5.41, 5.74) is 6.71. The van der Waals surface area contributed by atoms with E-state index in [4.69, 9.17) is 5.73 Å². The molecule has 1 aliphatic rings. The normalized spacial score (nSPS) is 20.1. The Kier molecular flexibility index (Phi) is 3.00. The van der Waals surface area contributed by atoms with Crippen LogP contribution in [0.4, 0.5) is 5.69 Å². The van der Waals surface area contributed by atoms with Gasteiger partial charge in [0.05, 0.1) is 11.3 Å². The van der Waals surface area contributed by atoms with Gasteiger partial charge < -0.3 is 16.2 Å². The summed E-state index contributed by atoms with van der Waals surface area (Å²) >= 11 is 3.39. The van der Waals surface area contributed by atoms with Crippen LogP contribution in [0.2, 0.25) is 0 Å². The maximum Gasteiger partial charge on any atom is 0.0940 e. The second-order valence-electron chi connectivity index (χ2n) is 3.98. The number of anilines is 1. The van der Waals surface area contributed by atoms with E-state index in [0.29, 0.717) is 18.5 Å². The summed E-state index contributed by atoms with van der Waals surface area (Å²) in [5, 5.41) is 13.7. The fourth-order valence-corrected chi connectivity index (χ4v) is 2.42. The second-order valence-corrected chi connectivity index (χ2v) is 4.84. The number of nitrogen functional groups attached to an aromatic ring is 1. The Labute approximate surface area is 97.8 Å². The predicted molar refractivity (Wildman–Crippen MR) is 64.6 cm³/mol. The molecule has 1 fully saturated rings. The van der Waals surface area contributed by atoms with Crippen LogP contribution in [0.5, 0.6) is 0 Å². The molecule has 4 N–H and O–H groups in total. The summed E-state index contributed by atoms with van der Waals surface area (Å²) in [6, 6.07) is 5.71. The van der Waals surface area contributed by atoms with E-state index in [2.05, 4.69) is 21.2 Å². The molecule has 0 bridgehead atoms. The number of piperidine rings is 1. The fraction of sp³-hybridized carbons (Fsp3) is 0.455. The average molecular weight is 271 g/mol. The molecule has 4 heteroatoms. The van der Waals surface area contributed by atoms with Crippen molar-refractivity contribution in [1.82, 2.24) is 5.32 Å². The molecule has 0 aliphatic carbocycles. The second kappa shape index (κ2) is 4.12. The van der Waals surface area contributed by atoms with Gasteiger partial charge in [-0.2, -0.15) is 0 Å². The molecule has 1 aromatic carbocycles. The number of rotatable bonds is 1. The van der Waals surface area contributed by atoms with Gasteiger partial charge in [0.2, 0.25) is 0 Å². The molecule has 1 aliphatic heterocycles.